The van der Waals surface area contributed by atoms with Crippen LogP contribution in [0.3, 0.4) is 0 Å². The SMILES string of the molecule is CCC(N)C(C)OCCCOC. The third kappa shape index (κ3) is 5.52. The molecule has 0 saturated heterocycles. The van der Waals surface area contributed by atoms with Crippen LogP contribution in [0.1, 0.15) is 26.7 Å². The van der Waals surface area contributed by atoms with Gasteiger partial charge in [-0.15, -0.1) is 0 Å². The van der Waals surface area contributed by atoms with Crippen LogP contribution in [0.2, 0.25) is 0 Å². The van der Waals surface area contributed by atoms with Crippen LogP contribution in [0.5, 0.6) is 0 Å². The van der Waals surface area contributed by atoms with E-state index in [1.54, 1.807) is 7.11 Å². The van der Waals surface area contributed by atoms with Crippen LogP contribution in [-0.2, 0) is 9.47 Å². The van der Waals surface area contributed by atoms with Gasteiger partial charge in [0.05, 0.1) is 6.10 Å². The Balaban J connectivity index is 3.24. The van der Waals surface area contributed by atoms with Crippen molar-refractivity contribution >= 4 is 0 Å². The average Bonchev–Trinajstić information content (AvgIpc) is 2.10. The summed E-state index contributed by atoms with van der Waals surface area (Å²) in [4.78, 5) is 0. The molecule has 2 atom stereocenters. The van der Waals surface area contributed by atoms with Gasteiger partial charge in [-0.1, -0.05) is 6.92 Å². The molecular weight excluding hydrogens is 154 g/mol. The van der Waals surface area contributed by atoms with Crippen LogP contribution >= 0.6 is 0 Å². The summed E-state index contributed by atoms with van der Waals surface area (Å²) in [5, 5.41) is 0. The lowest BCUT2D eigenvalue weighted by Crippen LogP contribution is -2.34. The maximum atomic E-state index is 5.77. The molecule has 0 aromatic rings. The highest BCUT2D eigenvalue weighted by Crippen LogP contribution is 2.00. The van der Waals surface area contributed by atoms with Gasteiger partial charge in [0.1, 0.15) is 0 Å². The molecule has 3 nitrogen and oxygen atoms in total. The molecule has 0 saturated carbocycles. The molecule has 0 fully saturated rings. The average molecular weight is 175 g/mol. The van der Waals surface area contributed by atoms with Crippen molar-refractivity contribution in [2.75, 3.05) is 20.3 Å². The minimum absolute atomic E-state index is 0.159. The van der Waals surface area contributed by atoms with E-state index < -0.39 is 0 Å². The molecule has 0 bridgehead atoms. The topological polar surface area (TPSA) is 44.5 Å². The van der Waals surface area contributed by atoms with Crippen molar-refractivity contribution in [1.29, 1.82) is 0 Å². The molecule has 12 heavy (non-hydrogen) atoms. The largest absolute Gasteiger partial charge is 0.385 e. The molecule has 2 N–H and O–H groups in total. The Labute approximate surface area is 75.2 Å². The highest BCUT2D eigenvalue weighted by Gasteiger charge is 2.09. The minimum atomic E-state index is 0.159. The number of methoxy groups -OCH3 is 1. The van der Waals surface area contributed by atoms with Crippen molar-refractivity contribution in [3.63, 3.8) is 0 Å². The molecule has 0 rings (SSSR count). The van der Waals surface area contributed by atoms with Crippen molar-refractivity contribution in [2.24, 2.45) is 5.73 Å². The van der Waals surface area contributed by atoms with Crippen LogP contribution in [0.4, 0.5) is 0 Å². The lowest BCUT2D eigenvalue weighted by atomic mass is 10.1. The van der Waals surface area contributed by atoms with Crippen molar-refractivity contribution in [1.82, 2.24) is 0 Å². The Morgan fingerprint density at radius 1 is 1.33 bits per heavy atom. The zero-order valence-corrected chi connectivity index (χ0v) is 8.38. The summed E-state index contributed by atoms with van der Waals surface area (Å²) < 4.78 is 10.4. The van der Waals surface area contributed by atoms with Crippen LogP contribution < -0.4 is 5.73 Å². The third-order valence-electron chi connectivity index (χ3n) is 1.95. The quantitative estimate of drug-likeness (QED) is 0.591. The highest BCUT2D eigenvalue weighted by atomic mass is 16.5. The van der Waals surface area contributed by atoms with E-state index in [0.29, 0.717) is 0 Å². The van der Waals surface area contributed by atoms with E-state index in [0.717, 1.165) is 26.1 Å². The van der Waals surface area contributed by atoms with E-state index in [1.165, 1.54) is 0 Å². The molecule has 0 aromatic carbocycles. The molecule has 0 amide bonds. The third-order valence-corrected chi connectivity index (χ3v) is 1.95. The Morgan fingerprint density at radius 2 is 2.00 bits per heavy atom. The zero-order valence-electron chi connectivity index (χ0n) is 8.38. The normalized spacial score (nSPS) is 16.0. The van der Waals surface area contributed by atoms with Crippen molar-refractivity contribution in [3.05, 3.63) is 0 Å². The number of hydrogen-bond acceptors (Lipinski definition) is 3. The van der Waals surface area contributed by atoms with Gasteiger partial charge in [-0.25, -0.2) is 0 Å². The molecule has 2 unspecified atom stereocenters. The van der Waals surface area contributed by atoms with Crippen molar-refractivity contribution < 1.29 is 9.47 Å². The summed E-state index contributed by atoms with van der Waals surface area (Å²) in [7, 11) is 1.70. The van der Waals surface area contributed by atoms with Crippen molar-refractivity contribution in [3.8, 4) is 0 Å². The number of rotatable bonds is 7. The van der Waals surface area contributed by atoms with Gasteiger partial charge < -0.3 is 15.2 Å². The molecule has 0 aliphatic heterocycles. The highest BCUT2D eigenvalue weighted by molar-refractivity contribution is 4.66. The monoisotopic (exact) mass is 175 g/mol. The second-order valence-electron chi connectivity index (χ2n) is 2.99. The second kappa shape index (κ2) is 7.53. The maximum Gasteiger partial charge on any atom is 0.0697 e. The van der Waals surface area contributed by atoms with Gasteiger partial charge in [0.2, 0.25) is 0 Å². The lowest BCUT2D eigenvalue weighted by molar-refractivity contribution is 0.0348. The predicted octanol–water partition coefficient (Wildman–Crippen LogP) is 1.17. The van der Waals surface area contributed by atoms with Gasteiger partial charge in [-0.2, -0.15) is 0 Å². The summed E-state index contributed by atoms with van der Waals surface area (Å²) >= 11 is 0. The first-order valence-electron chi connectivity index (χ1n) is 4.58. The summed E-state index contributed by atoms with van der Waals surface area (Å²) in [6, 6.07) is 0.160. The molecule has 3 heteroatoms. The van der Waals surface area contributed by atoms with Gasteiger partial charge in [0.15, 0.2) is 0 Å². The van der Waals surface area contributed by atoms with Gasteiger partial charge in [-0.3, -0.25) is 0 Å². The molecule has 0 spiro atoms. The molecule has 0 aliphatic rings. The summed E-state index contributed by atoms with van der Waals surface area (Å²) in [6.07, 6.45) is 2.06. The first-order chi connectivity index (χ1) is 5.72. The number of hydrogen-bond donors (Lipinski definition) is 1. The number of nitrogens with two attached hydrogens (primary N) is 1. The Bertz CT molecular complexity index is 98.5. The molecule has 74 valence electrons. The Kier molecular flexibility index (Phi) is 7.45. The fourth-order valence-corrected chi connectivity index (χ4v) is 0.928. The van der Waals surface area contributed by atoms with Gasteiger partial charge >= 0.3 is 0 Å². The predicted molar refractivity (Wildman–Crippen MR) is 50.2 cm³/mol. The molecule has 0 heterocycles. The smallest absolute Gasteiger partial charge is 0.0697 e. The molecular formula is C9H21NO2. The van der Waals surface area contributed by atoms with E-state index in [-0.39, 0.29) is 12.1 Å². The van der Waals surface area contributed by atoms with Gasteiger partial charge in [-0.05, 0) is 19.8 Å². The first kappa shape index (κ1) is 11.9. The number of ether oxygens (including phenoxy) is 2. The molecule has 0 aromatic heterocycles. The molecule has 0 radical (unpaired) electrons. The molecule has 0 aliphatic carbocycles. The fourth-order valence-electron chi connectivity index (χ4n) is 0.928. The summed E-state index contributed by atoms with van der Waals surface area (Å²) in [5.74, 6) is 0. The van der Waals surface area contributed by atoms with Crippen molar-refractivity contribution in [2.45, 2.75) is 38.8 Å². The van der Waals surface area contributed by atoms with Crippen LogP contribution in [0.25, 0.3) is 0 Å². The fraction of sp³-hybridized carbons (Fsp3) is 1.00. The standard InChI is InChI=1S/C9H21NO2/c1-4-9(10)8(2)12-7-5-6-11-3/h8-9H,4-7,10H2,1-3H3. The zero-order chi connectivity index (χ0) is 9.40. The summed E-state index contributed by atoms with van der Waals surface area (Å²) in [5.41, 5.74) is 5.77. The van der Waals surface area contributed by atoms with E-state index in [2.05, 4.69) is 6.92 Å². The Hall–Kier alpha value is -0.120. The van der Waals surface area contributed by atoms with Gasteiger partial charge in [0, 0.05) is 26.4 Å². The second-order valence-corrected chi connectivity index (χ2v) is 2.99. The van der Waals surface area contributed by atoms with Gasteiger partial charge in [0.25, 0.3) is 0 Å². The van der Waals surface area contributed by atoms with E-state index in [1.807, 2.05) is 6.92 Å². The van der Waals surface area contributed by atoms with E-state index in [4.69, 9.17) is 15.2 Å². The van der Waals surface area contributed by atoms with Crippen LogP contribution in [-0.4, -0.2) is 32.5 Å². The van der Waals surface area contributed by atoms with Crippen LogP contribution in [0, 0.1) is 0 Å². The van der Waals surface area contributed by atoms with E-state index in [9.17, 15) is 0 Å². The minimum Gasteiger partial charge on any atom is -0.385 e. The summed E-state index contributed by atoms with van der Waals surface area (Å²) in [6.45, 7) is 5.58. The lowest BCUT2D eigenvalue weighted by Gasteiger charge is -2.18. The first-order valence-corrected chi connectivity index (χ1v) is 4.58. The van der Waals surface area contributed by atoms with Crippen LogP contribution in [0.15, 0.2) is 0 Å². The Morgan fingerprint density at radius 3 is 2.50 bits per heavy atom. The maximum absolute atomic E-state index is 5.77. The van der Waals surface area contributed by atoms with E-state index >= 15 is 0 Å².